The Hall–Kier alpha value is -0.970. The minimum Gasteiger partial charge on any atom is -0.464 e. The molecular formula is C20H31BrF3NO4S. The van der Waals surface area contributed by atoms with Gasteiger partial charge in [0.1, 0.15) is 23.6 Å². The number of hydrogen-bond acceptors (Lipinski definition) is 4. The molecule has 174 valence electrons. The van der Waals surface area contributed by atoms with Crippen molar-refractivity contribution in [1.82, 2.24) is 4.72 Å². The number of benzene rings is 1. The molecule has 0 bridgehead atoms. The molecule has 0 saturated carbocycles. The molecule has 5 nitrogen and oxygen atoms in total. The maximum absolute atomic E-state index is 15.6. The molecule has 0 heterocycles. The van der Waals surface area contributed by atoms with Crippen LogP contribution in [0.5, 0.6) is 0 Å². The average molecular weight is 518 g/mol. The van der Waals surface area contributed by atoms with Crippen LogP contribution in [-0.4, -0.2) is 41.2 Å². The van der Waals surface area contributed by atoms with Gasteiger partial charge in [-0.25, -0.2) is 26.9 Å². The number of carbonyl (C=O) groups excluding carboxylic acids is 1. The van der Waals surface area contributed by atoms with Crippen LogP contribution < -0.4 is 4.72 Å². The van der Waals surface area contributed by atoms with Crippen molar-refractivity contribution < 1.29 is 31.6 Å². The second-order valence-corrected chi connectivity index (χ2v) is 9.22. The van der Waals surface area contributed by atoms with Crippen molar-refractivity contribution in [3.8, 4) is 0 Å². The van der Waals surface area contributed by atoms with E-state index in [0.717, 1.165) is 33.1 Å². The summed E-state index contributed by atoms with van der Waals surface area (Å²) in [5.41, 5.74) is -5.03. The topological polar surface area (TPSA) is 64.6 Å². The Morgan fingerprint density at radius 1 is 1.20 bits per heavy atom. The summed E-state index contributed by atoms with van der Waals surface area (Å²) in [6.07, 6.45) is 2.41. The van der Waals surface area contributed by atoms with Gasteiger partial charge in [0, 0.05) is 16.3 Å². The Bertz CT molecular complexity index is 734. The first-order valence-corrected chi connectivity index (χ1v) is 11.8. The van der Waals surface area contributed by atoms with Crippen molar-refractivity contribution in [2.45, 2.75) is 65.0 Å². The standard InChI is InChI=1S/C17H23BrF3NO4S.C3H8/c1-6-25-14(23)10-26-15(2,3)17(20,21)16(4,22-27(5)24)12-9-11(18)7-8-13(12)19;1-3-2/h7-9,22H,6,10H2,1-5H3;3H2,1-2H3/t16-,27?;/m1./s1. The largest absolute Gasteiger partial charge is 0.464 e. The van der Waals surface area contributed by atoms with E-state index in [4.69, 9.17) is 4.74 Å². The van der Waals surface area contributed by atoms with Crippen LogP contribution in [0.15, 0.2) is 22.7 Å². The molecule has 1 rings (SSSR count). The van der Waals surface area contributed by atoms with Gasteiger partial charge >= 0.3 is 5.97 Å². The Kier molecular flexibility index (Phi) is 11.8. The predicted molar refractivity (Wildman–Crippen MR) is 116 cm³/mol. The number of nitrogens with one attached hydrogen (secondary N) is 1. The average Bonchev–Trinajstić information content (AvgIpc) is 2.62. The molecule has 1 unspecified atom stereocenters. The second-order valence-electron chi connectivity index (χ2n) is 7.19. The Balaban J connectivity index is 0.00000263. The van der Waals surface area contributed by atoms with Gasteiger partial charge in [0.2, 0.25) is 0 Å². The monoisotopic (exact) mass is 517 g/mol. The van der Waals surface area contributed by atoms with E-state index in [2.05, 4.69) is 39.2 Å². The molecule has 0 aliphatic rings. The zero-order valence-electron chi connectivity index (χ0n) is 18.4. The minimum absolute atomic E-state index is 0.0797. The lowest BCUT2D eigenvalue weighted by molar-refractivity contribution is -0.230. The van der Waals surface area contributed by atoms with E-state index in [0.29, 0.717) is 4.47 Å². The molecule has 30 heavy (non-hydrogen) atoms. The fourth-order valence-electron chi connectivity index (χ4n) is 2.59. The van der Waals surface area contributed by atoms with Gasteiger partial charge in [-0.05, 0) is 45.9 Å². The highest BCUT2D eigenvalue weighted by Gasteiger charge is 2.63. The van der Waals surface area contributed by atoms with Crippen LogP contribution in [0.2, 0.25) is 0 Å². The molecule has 0 spiro atoms. The highest BCUT2D eigenvalue weighted by molar-refractivity contribution is 9.10. The van der Waals surface area contributed by atoms with E-state index < -0.39 is 52.0 Å². The van der Waals surface area contributed by atoms with Crippen LogP contribution in [0.3, 0.4) is 0 Å². The van der Waals surface area contributed by atoms with E-state index in [1.165, 1.54) is 18.6 Å². The first-order chi connectivity index (χ1) is 13.7. The van der Waals surface area contributed by atoms with E-state index in [1.807, 2.05) is 0 Å². The summed E-state index contributed by atoms with van der Waals surface area (Å²) in [4.78, 5) is 11.5. The molecule has 0 aromatic heterocycles. The van der Waals surface area contributed by atoms with E-state index >= 15 is 8.78 Å². The molecular weight excluding hydrogens is 487 g/mol. The number of halogens is 4. The lowest BCUT2D eigenvalue weighted by atomic mass is 9.78. The summed E-state index contributed by atoms with van der Waals surface area (Å²) in [6.45, 7) is 8.38. The summed E-state index contributed by atoms with van der Waals surface area (Å²) < 4.78 is 69.8. The van der Waals surface area contributed by atoms with Crippen molar-refractivity contribution in [3.05, 3.63) is 34.1 Å². The number of carbonyl (C=O) groups is 1. The maximum atomic E-state index is 15.6. The zero-order valence-corrected chi connectivity index (χ0v) is 20.8. The molecule has 0 radical (unpaired) electrons. The normalized spacial score (nSPS) is 14.9. The highest BCUT2D eigenvalue weighted by atomic mass is 79.9. The van der Waals surface area contributed by atoms with Crippen LogP contribution in [0.25, 0.3) is 0 Å². The molecule has 0 aliphatic carbocycles. The van der Waals surface area contributed by atoms with E-state index in [1.54, 1.807) is 6.92 Å². The first-order valence-electron chi connectivity index (χ1n) is 9.44. The number of alkyl halides is 2. The third kappa shape index (κ3) is 7.32. The van der Waals surface area contributed by atoms with Gasteiger partial charge in [0.25, 0.3) is 5.92 Å². The number of ether oxygens (including phenoxy) is 2. The van der Waals surface area contributed by atoms with Gasteiger partial charge in [0.15, 0.2) is 0 Å². The molecule has 2 atom stereocenters. The number of rotatable bonds is 9. The molecule has 0 aliphatic heterocycles. The summed E-state index contributed by atoms with van der Waals surface area (Å²) in [7, 11) is -1.91. The third-order valence-corrected chi connectivity index (χ3v) is 5.24. The summed E-state index contributed by atoms with van der Waals surface area (Å²) in [5.74, 6) is -5.50. The Labute approximate surface area is 187 Å². The van der Waals surface area contributed by atoms with Crippen LogP contribution in [-0.2, 0) is 30.8 Å². The summed E-state index contributed by atoms with van der Waals surface area (Å²) in [6, 6.07) is 3.58. The van der Waals surface area contributed by atoms with Gasteiger partial charge in [-0.15, -0.1) is 0 Å². The summed E-state index contributed by atoms with van der Waals surface area (Å²) in [5, 5.41) is 0. The lowest BCUT2D eigenvalue weighted by Gasteiger charge is -2.45. The fraction of sp³-hybridized carbons (Fsp3) is 0.650. The van der Waals surface area contributed by atoms with Crippen LogP contribution in [0.1, 0.15) is 53.5 Å². The quantitative estimate of drug-likeness (QED) is 0.463. The third-order valence-electron chi connectivity index (χ3n) is 4.06. The predicted octanol–water partition coefficient (Wildman–Crippen LogP) is 5.10. The number of esters is 1. The van der Waals surface area contributed by atoms with Gasteiger partial charge in [-0.2, -0.15) is 0 Å². The number of hydrogen-bond donors (Lipinski definition) is 1. The SMILES string of the molecule is CCC.CCOC(=O)COC(C)(C)C(F)(F)[C@](C)(NS(C)=O)c1cc(Br)ccc1F. The minimum atomic E-state index is -3.79. The Morgan fingerprint density at radius 3 is 2.20 bits per heavy atom. The van der Waals surface area contributed by atoms with Gasteiger partial charge < -0.3 is 9.47 Å². The van der Waals surface area contributed by atoms with E-state index in [-0.39, 0.29) is 6.61 Å². The van der Waals surface area contributed by atoms with Crippen molar-refractivity contribution in [2.75, 3.05) is 19.5 Å². The van der Waals surface area contributed by atoms with Gasteiger partial charge in [-0.1, -0.05) is 36.2 Å². The van der Waals surface area contributed by atoms with Crippen molar-refractivity contribution in [3.63, 3.8) is 0 Å². The molecule has 0 fully saturated rings. The smallest absolute Gasteiger partial charge is 0.332 e. The molecule has 10 heteroatoms. The van der Waals surface area contributed by atoms with Crippen molar-refractivity contribution >= 4 is 32.9 Å². The van der Waals surface area contributed by atoms with Crippen LogP contribution in [0, 0.1) is 5.82 Å². The molecule has 0 amide bonds. The Morgan fingerprint density at radius 2 is 1.73 bits per heavy atom. The fourth-order valence-corrected chi connectivity index (χ4v) is 3.77. The van der Waals surface area contributed by atoms with E-state index in [9.17, 15) is 13.4 Å². The highest BCUT2D eigenvalue weighted by Crippen LogP contribution is 2.47. The molecule has 0 saturated heterocycles. The molecule has 1 aromatic rings. The summed E-state index contributed by atoms with van der Waals surface area (Å²) >= 11 is 3.13. The van der Waals surface area contributed by atoms with Crippen molar-refractivity contribution in [1.29, 1.82) is 0 Å². The first kappa shape index (κ1) is 29.0. The molecule has 1 N–H and O–H groups in total. The zero-order chi connectivity index (χ0) is 23.8. The second kappa shape index (κ2) is 12.2. The maximum Gasteiger partial charge on any atom is 0.332 e. The van der Waals surface area contributed by atoms with Crippen LogP contribution >= 0.6 is 15.9 Å². The lowest BCUT2D eigenvalue weighted by Crippen LogP contribution is -2.64. The van der Waals surface area contributed by atoms with Gasteiger partial charge in [-0.3, -0.25) is 0 Å². The van der Waals surface area contributed by atoms with Gasteiger partial charge in [0.05, 0.1) is 17.6 Å². The molecule has 1 aromatic carbocycles. The van der Waals surface area contributed by atoms with Crippen molar-refractivity contribution in [2.24, 2.45) is 0 Å². The van der Waals surface area contributed by atoms with Crippen LogP contribution in [0.4, 0.5) is 13.2 Å².